The van der Waals surface area contributed by atoms with Gasteiger partial charge in [0.1, 0.15) is 0 Å². The Hall–Kier alpha value is -1.89. The molecule has 0 saturated heterocycles. The van der Waals surface area contributed by atoms with Crippen molar-refractivity contribution in [2.24, 2.45) is 0 Å². The van der Waals surface area contributed by atoms with Gasteiger partial charge in [-0.25, -0.2) is 0 Å². The van der Waals surface area contributed by atoms with Gasteiger partial charge in [0.25, 0.3) is 0 Å². The Morgan fingerprint density at radius 1 is 0.950 bits per heavy atom. The van der Waals surface area contributed by atoms with Gasteiger partial charge in [-0.3, -0.25) is 4.79 Å². The van der Waals surface area contributed by atoms with Crippen LogP contribution in [0.2, 0.25) is 0 Å². The van der Waals surface area contributed by atoms with Crippen molar-refractivity contribution in [2.45, 2.75) is 40.0 Å². The zero-order valence-corrected chi connectivity index (χ0v) is 12.7. The number of benzene rings is 2. The van der Waals surface area contributed by atoms with Crippen LogP contribution < -0.4 is 0 Å². The van der Waals surface area contributed by atoms with Crippen molar-refractivity contribution < 1.29 is 4.79 Å². The molecule has 0 aliphatic heterocycles. The maximum Gasteiger partial charge on any atom is 0.167 e. The van der Waals surface area contributed by atoms with Crippen molar-refractivity contribution in [2.75, 3.05) is 0 Å². The van der Waals surface area contributed by atoms with E-state index in [0.717, 1.165) is 22.3 Å². The summed E-state index contributed by atoms with van der Waals surface area (Å²) in [5, 5.41) is 0. The number of hydrogen-bond acceptors (Lipinski definition) is 1. The van der Waals surface area contributed by atoms with Crippen molar-refractivity contribution in [1.29, 1.82) is 0 Å². The average molecular weight is 266 g/mol. The Balaban J connectivity index is 2.14. The molecule has 0 aliphatic rings. The number of hydrogen-bond donors (Lipinski definition) is 0. The van der Waals surface area contributed by atoms with Crippen LogP contribution in [0.1, 0.15) is 52.4 Å². The number of rotatable bonds is 4. The van der Waals surface area contributed by atoms with Crippen molar-refractivity contribution in [3.63, 3.8) is 0 Å². The molecule has 0 aliphatic carbocycles. The molecule has 20 heavy (non-hydrogen) atoms. The van der Waals surface area contributed by atoms with Gasteiger partial charge in [0.15, 0.2) is 5.78 Å². The largest absolute Gasteiger partial charge is 0.294 e. The molecule has 104 valence electrons. The smallest absolute Gasteiger partial charge is 0.167 e. The molecule has 0 spiro atoms. The van der Waals surface area contributed by atoms with E-state index < -0.39 is 0 Å². The quantitative estimate of drug-likeness (QED) is 0.723. The molecular weight excluding hydrogens is 244 g/mol. The number of ketones is 1. The van der Waals surface area contributed by atoms with Gasteiger partial charge in [-0.2, -0.15) is 0 Å². The molecule has 0 aromatic heterocycles. The van der Waals surface area contributed by atoms with Gasteiger partial charge >= 0.3 is 0 Å². The Morgan fingerprint density at radius 3 is 2.00 bits per heavy atom. The summed E-state index contributed by atoms with van der Waals surface area (Å²) < 4.78 is 0. The predicted octanol–water partition coefficient (Wildman–Crippen LogP) is 4.85. The van der Waals surface area contributed by atoms with Gasteiger partial charge in [-0.1, -0.05) is 55.3 Å². The molecule has 2 aromatic carbocycles. The Kier molecular flexibility index (Phi) is 4.39. The van der Waals surface area contributed by atoms with Crippen LogP contribution in [0.25, 0.3) is 0 Å². The summed E-state index contributed by atoms with van der Waals surface area (Å²) in [4.78, 5) is 12.3. The Morgan fingerprint density at radius 2 is 1.50 bits per heavy atom. The number of Topliss-reactive ketones (excluding diaryl/α,β-unsaturated/α-hetero) is 1. The molecule has 0 atom stereocenters. The zero-order chi connectivity index (χ0) is 14.7. The molecule has 0 radical (unpaired) electrons. The molecule has 0 heterocycles. The van der Waals surface area contributed by atoms with Crippen LogP contribution in [0.5, 0.6) is 0 Å². The van der Waals surface area contributed by atoms with Gasteiger partial charge in [0.2, 0.25) is 0 Å². The van der Waals surface area contributed by atoms with Crippen molar-refractivity contribution in [3.8, 4) is 0 Å². The van der Waals surface area contributed by atoms with E-state index in [1.165, 1.54) is 5.56 Å². The zero-order valence-electron chi connectivity index (χ0n) is 12.7. The fourth-order valence-electron chi connectivity index (χ4n) is 2.44. The summed E-state index contributed by atoms with van der Waals surface area (Å²) >= 11 is 0. The second-order valence-electron chi connectivity index (χ2n) is 5.87. The summed E-state index contributed by atoms with van der Waals surface area (Å²) in [5.74, 6) is 0.716. The predicted molar refractivity (Wildman–Crippen MR) is 84.5 cm³/mol. The van der Waals surface area contributed by atoms with E-state index in [0.29, 0.717) is 12.3 Å². The lowest BCUT2D eigenvalue weighted by Crippen LogP contribution is -2.04. The first-order chi connectivity index (χ1) is 9.45. The molecule has 0 N–H and O–H groups in total. The fraction of sp³-hybridized carbons (Fsp3) is 0.316. The monoisotopic (exact) mass is 266 g/mol. The van der Waals surface area contributed by atoms with Gasteiger partial charge in [0, 0.05) is 12.0 Å². The van der Waals surface area contributed by atoms with Gasteiger partial charge in [-0.15, -0.1) is 0 Å². The van der Waals surface area contributed by atoms with Gasteiger partial charge in [0.05, 0.1) is 0 Å². The average Bonchev–Trinajstić information content (AvgIpc) is 2.38. The third-order valence-corrected chi connectivity index (χ3v) is 3.55. The van der Waals surface area contributed by atoms with E-state index in [1.807, 2.05) is 26.0 Å². The molecule has 1 heteroatoms. The topological polar surface area (TPSA) is 17.1 Å². The van der Waals surface area contributed by atoms with Crippen LogP contribution in [0, 0.1) is 13.8 Å². The van der Waals surface area contributed by atoms with Crippen LogP contribution in [0.4, 0.5) is 0 Å². The Labute approximate surface area is 121 Å². The van der Waals surface area contributed by atoms with E-state index in [4.69, 9.17) is 0 Å². The molecule has 2 aromatic rings. The molecule has 0 fully saturated rings. The minimum atomic E-state index is 0.189. The van der Waals surface area contributed by atoms with Crippen LogP contribution in [0.3, 0.4) is 0 Å². The minimum absolute atomic E-state index is 0.189. The minimum Gasteiger partial charge on any atom is -0.294 e. The van der Waals surface area contributed by atoms with Gasteiger partial charge < -0.3 is 0 Å². The lowest BCUT2D eigenvalue weighted by atomic mass is 9.97. The summed E-state index contributed by atoms with van der Waals surface area (Å²) in [5.41, 5.74) is 5.49. The highest BCUT2D eigenvalue weighted by atomic mass is 16.1. The van der Waals surface area contributed by atoms with Gasteiger partial charge in [-0.05, 0) is 43.0 Å². The van der Waals surface area contributed by atoms with E-state index >= 15 is 0 Å². The first-order valence-corrected chi connectivity index (χ1v) is 7.16. The molecule has 0 saturated carbocycles. The number of aryl methyl sites for hydroxylation is 2. The molecule has 2 rings (SSSR count). The van der Waals surface area contributed by atoms with E-state index in [1.54, 1.807) is 0 Å². The third-order valence-electron chi connectivity index (χ3n) is 3.55. The fourth-order valence-corrected chi connectivity index (χ4v) is 2.44. The maximum absolute atomic E-state index is 12.3. The van der Waals surface area contributed by atoms with Crippen molar-refractivity contribution in [3.05, 3.63) is 70.3 Å². The second kappa shape index (κ2) is 6.04. The first kappa shape index (κ1) is 14.5. The SMILES string of the molecule is Cc1cc(C)cc(C(=O)Cc2ccc(C(C)C)cc2)c1. The number of carbonyl (C=O) groups excluding carboxylic acids is 1. The summed E-state index contributed by atoms with van der Waals surface area (Å²) in [6.07, 6.45) is 0.473. The normalized spacial score (nSPS) is 10.8. The highest BCUT2D eigenvalue weighted by molar-refractivity contribution is 5.97. The molecule has 0 unspecified atom stereocenters. The number of carbonyl (C=O) groups is 1. The summed E-state index contributed by atoms with van der Waals surface area (Å²) in [6, 6.07) is 14.4. The third kappa shape index (κ3) is 3.57. The van der Waals surface area contributed by atoms with Crippen molar-refractivity contribution >= 4 is 5.78 Å². The van der Waals surface area contributed by atoms with Crippen LogP contribution in [-0.4, -0.2) is 5.78 Å². The Bertz CT molecular complexity index is 586. The maximum atomic E-state index is 12.3. The lowest BCUT2D eigenvalue weighted by molar-refractivity contribution is 0.0993. The van der Waals surface area contributed by atoms with E-state index in [2.05, 4.69) is 44.2 Å². The molecule has 1 nitrogen and oxygen atoms in total. The molecular formula is C19H22O. The first-order valence-electron chi connectivity index (χ1n) is 7.16. The highest BCUT2D eigenvalue weighted by Gasteiger charge is 2.08. The van der Waals surface area contributed by atoms with Crippen molar-refractivity contribution in [1.82, 2.24) is 0 Å². The van der Waals surface area contributed by atoms with Crippen LogP contribution in [0.15, 0.2) is 42.5 Å². The summed E-state index contributed by atoms with van der Waals surface area (Å²) in [7, 11) is 0. The lowest BCUT2D eigenvalue weighted by Gasteiger charge is -2.07. The highest BCUT2D eigenvalue weighted by Crippen LogP contribution is 2.17. The summed E-state index contributed by atoms with van der Waals surface area (Å²) in [6.45, 7) is 8.41. The van der Waals surface area contributed by atoms with E-state index in [-0.39, 0.29) is 5.78 Å². The van der Waals surface area contributed by atoms with Crippen LogP contribution in [-0.2, 0) is 6.42 Å². The standard InChI is InChI=1S/C19H22O/c1-13(2)17-7-5-16(6-8-17)12-19(20)18-10-14(3)9-15(4)11-18/h5-11,13H,12H2,1-4H3. The molecule has 0 bridgehead atoms. The second-order valence-corrected chi connectivity index (χ2v) is 5.87. The van der Waals surface area contributed by atoms with Crippen LogP contribution >= 0.6 is 0 Å². The molecule has 0 amide bonds. The van der Waals surface area contributed by atoms with E-state index in [9.17, 15) is 4.79 Å².